The lowest BCUT2D eigenvalue weighted by Gasteiger charge is -2.37. The van der Waals surface area contributed by atoms with Crippen molar-refractivity contribution in [1.29, 1.82) is 0 Å². The smallest absolute Gasteiger partial charge is 0.319 e. The number of ether oxygens (including phenoxy) is 1. The molecule has 2 fully saturated rings. The van der Waals surface area contributed by atoms with Crippen LogP contribution < -0.4 is 9.64 Å². The third-order valence-corrected chi connectivity index (χ3v) is 8.02. The number of aromatic hydroxyl groups is 1. The predicted octanol–water partition coefficient (Wildman–Crippen LogP) is 4.60. The molecule has 8 nitrogen and oxygen atoms in total. The van der Waals surface area contributed by atoms with Crippen molar-refractivity contribution in [1.82, 2.24) is 19.9 Å². The second-order valence-corrected chi connectivity index (χ2v) is 12.0. The van der Waals surface area contributed by atoms with Gasteiger partial charge < -0.3 is 24.7 Å². The average molecular weight is 538 g/mol. The fourth-order valence-corrected chi connectivity index (χ4v) is 5.99. The van der Waals surface area contributed by atoms with E-state index in [1.165, 1.54) is 0 Å². The molecule has 1 atom stereocenters. The highest BCUT2D eigenvalue weighted by atomic mass is 16.5. The minimum absolute atomic E-state index is 0.128. The van der Waals surface area contributed by atoms with Crippen molar-refractivity contribution >= 4 is 27.6 Å². The summed E-state index contributed by atoms with van der Waals surface area (Å²) in [7, 11) is 4.16. The number of β-amino-alcohol motifs (C(OH)–C–C–N with tert-alkyl or cyclic N) is 1. The van der Waals surface area contributed by atoms with Crippen LogP contribution in [0.25, 0.3) is 32.9 Å². The van der Waals surface area contributed by atoms with Crippen LogP contribution in [0.1, 0.15) is 38.2 Å². The van der Waals surface area contributed by atoms with Crippen LogP contribution >= 0.6 is 0 Å². The van der Waals surface area contributed by atoms with Crippen molar-refractivity contribution in [2.24, 2.45) is 5.41 Å². The number of hydrogen-bond acceptors (Lipinski definition) is 8. The molecule has 0 spiro atoms. The molecule has 0 amide bonds. The van der Waals surface area contributed by atoms with E-state index in [-0.39, 0.29) is 11.2 Å². The number of rotatable bonds is 7. The molecule has 1 saturated carbocycles. The quantitative estimate of drug-likeness (QED) is 0.330. The van der Waals surface area contributed by atoms with E-state index < -0.39 is 5.60 Å². The number of phenolic OH excluding ortho intramolecular Hbond substituents is 1. The van der Waals surface area contributed by atoms with Crippen molar-refractivity contribution in [2.75, 3.05) is 45.2 Å². The van der Waals surface area contributed by atoms with Gasteiger partial charge in [0.2, 0.25) is 0 Å². The summed E-state index contributed by atoms with van der Waals surface area (Å²) >= 11 is 0. The minimum Gasteiger partial charge on any atom is -0.508 e. The Hall–Kier alpha value is -3.93. The van der Waals surface area contributed by atoms with Gasteiger partial charge in [-0.05, 0) is 81.9 Å². The zero-order valence-electron chi connectivity index (χ0n) is 23.3. The molecule has 206 valence electrons. The summed E-state index contributed by atoms with van der Waals surface area (Å²) in [5.41, 5.74) is 2.90. The van der Waals surface area contributed by atoms with Gasteiger partial charge in [0.05, 0.1) is 17.7 Å². The summed E-state index contributed by atoms with van der Waals surface area (Å²) in [6.45, 7) is 4.58. The fraction of sp³-hybridized carbons (Fsp3) is 0.406. The Balaban J connectivity index is 1.47. The van der Waals surface area contributed by atoms with E-state index in [1.54, 1.807) is 18.3 Å². The van der Waals surface area contributed by atoms with E-state index in [1.807, 2.05) is 31.2 Å². The number of benzene rings is 2. The van der Waals surface area contributed by atoms with Crippen LogP contribution in [-0.4, -0.2) is 76.0 Å². The molecule has 1 aliphatic heterocycles. The molecule has 6 rings (SSSR count). The van der Waals surface area contributed by atoms with Gasteiger partial charge in [0, 0.05) is 47.8 Å². The maximum atomic E-state index is 10.8. The van der Waals surface area contributed by atoms with Gasteiger partial charge in [0.25, 0.3) is 0 Å². The molecule has 2 aliphatic rings. The lowest BCUT2D eigenvalue weighted by molar-refractivity contribution is 0.0447. The van der Waals surface area contributed by atoms with Crippen molar-refractivity contribution in [2.45, 2.75) is 38.2 Å². The molecule has 2 aromatic heterocycles. The van der Waals surface area contributed by atoms with Crippen LogP contribution in [0.2, 0.25) is 0 Å². The van der Waals surface area contributed by atoms with Crippen LogP contribution in [0.4, 0.5) is 5.82 Å². The third kappa shape index (κ3) is 5.15. The highest BCUT2D eigenvalue weighted by Gasteiger charge is 2.44. The average Bonchev–Trinajstić information content (AvgIpc) is 3.68. The molecule has 3 heterocycles. The van der Waals surface area contributed by atoms with Gasteiger partial charge in [-0.3, -0.25) is 4.98 Å². The number of aliphatic hydroxyl groups is 1. The van der Waals surface area contributed by atoms with Crippen LogP contribution in [-0.2, 0) is 0 Å². The summed E-state index contributed by atoms with van der Waals surface area (Å²) in [5.74, 6) is 3.58. The van der Waals surface area contributed by atoms with Crippen molar-refractivity contribution in [3.8, 4) is 35.2 Å². The van der Waals surface area contributed by atoms with Gasteiger partial charge in [0.1, 0.15) is 11.3 Å². The van der Waals surface area contributed by atoms with E-state index in [9.17, 15) is 10.2 Å². The summed E-state index contributed by atoms with van der Waals surface area (Å²) in [4.78, 5) is 18.7. The minimum atomic E-state index is -0.813. The topological polar surface area (TPSA) is 94.8 Å². The highest BCUT2D eigenvalue weighted by molar-refractivity contribution is 6.02. The first-order valence-corrected chi connectivity index (χ1v) is 13.8. The number of terminal acetylenes is 1. The zero-order valence-corrected chi connectivity index (χ0v) is 23.3. The van der Waals surface area contributed by atoms with Crippen LogP contribution in [0.15, 0.2) is 42.6 Å². The van der Waals surface area contributed by atoms with E-state index in [2.05, 4.69) is 29.8 Å². The molecule has 1 saturated heterocycles. The lowest BCUT2D eigenvalue weighted by Crippen LogP contribution is -2.46. The van der Waals surface area contributed by atoms with Crippen molar-refractivity contribution in [3.05, 3.63) is 48.2 Å². The monoisotopic (exact) mass is 537 g/mol. The first-order chi connectivity index (χ1) is 19.2. The maximum absolute atomic E-state index is 10.8. The number of hydrogen-bond donors (Lipinski definition) is 2. The van der Waals surface area contributed by atoms with Crippen molar-refractivity contribution < 1.29 is 14.9 Å². The maximum Gasteiger partial charge on any atom is 0.319 e. The fourth-order valence-electron chi connectivity index (χ4n) is 5.99. The zero-order chi connectivity index (χ0) is 28.1. The number of phenols is 1. The highest BCUT2D eigenvalue weighted by Crippen LogP contribution is 2.46. The Morgan fingerprint density at radius 1 is 1.15 bits per heavy atom. The number of piperidine rings is 1. The van der Waals surface area contributed by atoms with E-state index in [0.717, 1.165) is 66.2 Å². The normalized spacial score (nSPS) is 20.1. The molecule has 1 unspecified atom stereocenters. The Morgan fingerprint density at radius 3 is 2.70 bits per heavy atom. The first-order valence-electron chi connectivity index (χ1n) is 13.8. The van der Waals surface area contributed by atoms with E-state index in [0.29, 0.717) is 36.0 Å². The van der Waals surface area contributed by atoms with E-state index in [4.69, 9.17) is 26.1 Å². The Morgan fingerprint density at radius 2 is 1.98 bits per heavy atom. The Bertz CT molecular complexity index is 1640. The molecule has 0 bridgehead atoms. The number of pyridine rings is 1. The van der Waals surface area contributed by atoms with Crippen LogP contribution in [0.3, 0.4) is 0 Å². The van der Waals surface area contributed by atoms with Crippen molar-refractivity contribution in [3.63, 3.8) is 0 Å². The van der Waals surface area contributed by atoms with Gasteiger partial charge in [0.15, 0.2) is 5.82 Å². The summed E-state index contributed by atoms with van der Waals surface area (Å²) < 4.78 is 6.26. The first kappa shape index (κ1) is 26.3. The number of anilines is 1. The largest absolute Gasteiger partial charge is 0.508 e. The molecular formula is C32H35N5O3. The third-order valence-electron chi connectivity index (χ3n) is 8.02. The predicted molar refractivity (Wildman–Crippen MR) is 158 cm³/mol. The van der Waals surface area contributed by atoms with Gasteiger partial charge in [-0.15, -0.1) is 6.42 Å². The van der Waals surface area contributed by atoms with Crippen LogP contribution in [0.5, 0.6) is 11.8 Å². The van der Waals surface area contributed by atoms with Gasteiger partial charge in [-0.1, -0.05) is 18.1 Å². The molecule has 1 aliphatic carbocycles. The molecule has 40 heavy (non-hydrogen) atoms. The molecule has 2 N–H and O–H groups in total. The van der Waals surface area contributed by atoms with Gasteiger partial charge >= 0.3 is 6.01 Å². The lowest BCUT2D eigenvalue weighted by atomic mass is 9.94. The Labute approximate surface area is 234 Å². The molecular weight excluding hydrogens is 502 g/mol. The summed E-state index contributed by atoms with van der Waals surface area (Å²) in [6.07, 6.45) is 11.4. The molecule has 4 aromatic rings. The number of fused-ring (bicyclic) bond motifs is 2. The van der Waals surface area contributed by atoms with Gasteiger partial charge in [-0.2, -0.15) is 9.97 Å². The van der Waals surface area contributed by atoms with E-state index >= 15 is 0 Å². The van der Waals surface area contributed by atoms with Crippen LogP contribution in [0, 0.1) is 17.8 Å². The molecule has 0 radical (unpaired) electrons. The number of nitrogens with zero attached hydrogens (tertiary/aromatic N) is 5. The molecule has 8 heteroatoms. The standard InChI is InChI=1S/C32H35N5O3/c1-5-21-8-6-9-22-14-24(38)16-25(27(21)22)23-15-26-28(33-17-23)29(37-13-7-10-31(2,39)18-37)35-30(34-26)40-20-32(11-12-32)19-36(3)4/h1,6,8-9,14-17,38-39H,7,10-13,18-20H2,2-4H3. The second kappa shape index (κ2) is 9.92. The van der Waals surface area contributed by atoms with Gasteiger partial charge in [-0.25, -0.2) is 0 Å². The summed E-state index contributed by atoms with van der Waals surface area (Å²) in [5, 5.41) is 23.1. The molecule has 2 aromatic carbocycles. The second-order valence-electron chi connectivity index (χ2n) is 12.0. The SMILES string of the molecule is C#Cc1cccc2cc(O)cc(-c3cnc4c(N5CCCC(C)(O)C5)nc(OCC5(CN(C)C)CC5)nc4c3)c12. The summed E-state index contributed by atoms with van der Waals surface area (Å²) in [6, 6.07) is 11.4. The Kier molecular flexibility index (Phi) is 6.52. The number of aromatic nitrogens is 3.